The Labute approximate surface area is 209 Å². The lowest BCUT2D eigenvalue weighted by Gasteiger charge is -2.26. The zero-order valence-corrected chi connectivity index (χ0v) is 21.1. The lowest BCUT2D eigenvalue weighted by Crippen LogP contribution is -2.37. The average Bonchev–Trinajstić information content (AvgIpc) is 3.59. The maximum atomic E-state index is 13.2. The van der Waals surface area contributed by atoms with Gasteiger partial charge in [0.1, 0.15) is 0 Å². The fourth-order valence-corrected chi connectivity index (χ4v) is 6.41. The van der Waals surface area contributed by atoms with Gasteiger partial charge in [-0.15, -0.1) is 0 Å². The predicted molar refractivity (Wildman–Crippen MR) is 137 cm³/mol. The number of hydrogen-bond donors (Lipinski definition) is 1. The van der Waals surface area contributed by atoms with Crippen LogP contribution >= 0.6 is 0 Å². The van der Waals surface area contributed by atoms with Crippen LogP contribution in [0, 0.1) is 31.6 Å². The molecule has 0 radical (unpaired) electrons. The van der Waals surface area contributed by atoms with Crippen molar-refractivity contribution in [3.05, 3.63) is 65.0 Å². The molecule has 1 aromatic heterocycles. The summed E-state index contributed by atoms with van der Waals surface area (Å²) < 4.78 is 0. The maximum Gasteiger partial charge on any atom is 0.255 e. The first-order valence-corrected chi connectivity index (χ1v) is 13.3. The van der Waals surface area contributed by atoms with Gasteiger partial charge >= 0.3 is 0 Å². The molecule has 1 aromatic carbocycles. The highest BCUT2D eigenvalue weighted by molar-refractivity contribution is 5.96. The Morgan fingerprint density at radius 2 is 1.69 bits per heavy atom. The number of pyridine rings is 1. The standard InChI is InChI=1S/C29H38N4O2/c1-20-12-14-30-21(2)27(20)29(35)33-18-24-16-32(17-25(24)19-33)15-13-26(22-8-4-3-5-9-22)31-28(34)23-10-6-7-11-23/h3-5,8-9,12,14,23-26H,6-7,10-11,13,15-19H2,1-2H3,(H,31,34)/t24-,25+,26-/m0/s1. The molecule has 1 N–H and O–H groups in total. The second-order valence-electron chi connectivity index (χ2n) is 10.8. The average molecular weight is 475 g/mol. The largest absolute Gasteiger partial charge is 0.349 e. The number of aryl methyl sites for hydroxylation is 2. The van der Waals surface area contributed by atoms with E-state index in [4.69, 9.17) is 0 Å². The van der Waals surface area contributed by atoms with Gasteiger partial charge in [0.05, 0.1) is 17.3 Å². The van der Waals surface area contributed by atoms with Gasteiger partial charge in [-0.2, -0.15) is 0 Å². The van der Waals surface area contributed by atoms with E-state index in [1.165, 1.54) is 18.4 Å². The molecule has 2 aromatic rings. The highest BCUT2D eigenvalue weighted by atomic mass is 16.2. The summed E-state index contributed by atoms with van der Waals surface area (Å²) in [5.41, 5.74) is 3.79. The molecule has 2 aliphatic heterocycles. The first kappa shape index (κ1) is 24.0. The molecule has 0 unspecified atom stereocenters. The molecular formula is C29H38N4O2. The van der Waals surface area contributed by atoms with Gasteiger partial charge in [-0.1, -0.05) is 43.2 Å². The summed E-state index contributed by atoms with van der Waals surface area (Å²) in [6.45, 7) is 8.59. The van der Waals surface area contributed by atoms with Gasteiger partial charge in [-0.05, 0) is 62.1 Å². The molecule has 6 nitrogen and oxygen atoms in total. The first-order chi connectivity index (χ1) is 17.0. The quantitative estimate of drug-likeness (QED) is 0.655. The molecule has 6 heteroatoms. The van der Waals surface area contributed by atoms with Gasteiger partial charge < -0.3 is 15.1 Å². The fraction of sp³-hybridized carbons (Fsp3) is 0.552. The Kier molecular flexibility index (Phi) is 7.19. The van der Waals surface area contributed by atoms with Gasteiger partial charge in [0.15, 0.2) is 0 Å². The van der Waals surface area contributed by atoms with E-state index in [-0.39, 0.29) is 23.8 Å². The van der Waals surface area contributed by atoms with Crippen LogP contribution in [-0.4, -0.2) is 59.3 Å². The van der Waals surface area contributed by atoms with E-state index in [1.807, 2.05) is 30.9 Å². The van der Waals surface area contributed by atoms with Crippen molar-refractivity contribution in [3.8, 4) is 0 Å². The molecule has 3 aliphatic rings. The number of aromatic nitrogens is 1. The maximum absolute atomic E-state index is 13.2. The highest BCUT2D eigenvalue weighted by Crippen LogP contribution is 2.33. The van der Waals surface area contributed by atoms with Crippen LogP contribution in [0.5, 0.6) is 0 Å². The molecule has 1 aliphatic carbocycles. The number of nitrogens with one attached hydrogen (secondary N) is 1. The van der Waals surface area contributed by atoms with Gasteiger partial charge in [-0.3, -0.25) is 14.6 Å². The molecule has 1 saturated carbocycles. The van der Waals surface area contributed by atoms with Crippen molar-refractivity contribution in [2.24, 2.45) is 17.8 Å². The van der Waals surface area contributed by atoms with Crippen molar-refractivity contribution in [2.75, 3.05) is 32.7 Å². The number of benzene rings is 1. The third kappa shape index (κ3) is 5.27. The molecule has 0 bridgehead atoms. The summed E-state index contributed by atoms with van der Waals surface area (Å²) in [7, 11) is 0. The second-order valence-corrected chi connectivity index (χ2v) is 10.8. The van der Waals surface area contributed by atoms with Crippen molar-refractivity contribution in [1.82, 2.24) is 20.1 Å². The topological polar surface area (TPSA) is 65.5 Å². The van der Waals surface area contributed by atoms with E-state index in [0.717, 1.165) is 68.8 Å². The molecule has 0 spiro atoms. The van der Waals surface area contributed by atoms with E-state index in [1.54, 1.807) is 6.20 Å². The molecule has 3 heterocycles. The van der Waals surface area contributed by atoms with Crippen LogP contribution in [0.4, 0.5) is 0 Å². The summed E-state index contributed by atoms with van der Waals surface area (Å²) in [5.74, 6) is 1.60. The van der Waals surface area contributed by atoms with E-state index < -0.39 is 0 Å². The molecule has 5 rings (SSSR count). The Bertz CT molecular complexity index is 1020. The zero-order chi connectivity index (χ0) is 24.4. The lowest BCUT2D eigenvalue weighted by molar-refractivity contribution is -0.125. The summed E-state index contributed by atoms with van der Waals surface area (Å²) in [4.78, 5) is 35.0. The smallest absolute Gasteiger partial charge is 0.255 e. The number of carbonyl (C=O) groups is 2. The Hall–Kier alpha value is -2.73. The second kappa shape index (κ2) is 10.5. The van der Waals surface area contributed by atoms with Crippen LogP contribution in [0.3, 0.4) is 0 Å². The van der Waals surface area contributed by atoms with E-state index in [9.17, 15) is 9.59 Å². The third-order valence-electron chi connectivity index (χ3n) is 8.39. The minimum Gasteiger partial charge on any atom is -0.349 e. The Morgan fingerprint density at radius 3 is 2.34 bits per heavy atom. The molecule has 186 valence electrons. The van der Waals surface area contributed by atoms with Crippen LogP contribution in [0.15, 0.2) is 42.6 Å². The number of fused-ring (bicyclic) bond motifs is 1. The van der Waals surface area contributed by atoms with Crippen LogP contribution < -0.4 is 5.32 Å². The number of nitrogens with zero attached hydrogens (tertiary/aromatic N) is 3. The van der Waals surface area contributed by atoms with E-state index in [2.05, 4.69) is 39.5 Å². The lowest BCUT2D eigenvalue weighted by atomic mass is 10.0. The van der Waals surface area contributed by atoms with Gasteiger partial charge in [-0.25, -0.2) is 0 Å². The first-order valence-electron chi connectivity index (χ1n) is 13.3. The van der Waals surface area contributed by atoms with Gasteiger partial charge in [0, 0.05) is 44.8 Å². The van der Waals surface area contributed by atoms with Crippen LogP contribution in [0.1, 0.15) is 65.3 Å². The summed E-state index contributed by atoms with van der Waals surface area (Å²) in [6, 6.07) is 12.4. The highest BCUT2D eigenvalue weighted by Gasteiger charge is 2.42. The fourth-order valence-electron chi connectivity index (χ4n) is 6.41. The number of amides is 2. The molecular weight excluding hydrogens is 436 g/mol. The number of hydrogen-bond acceptors (Lipinski definition) is 4. The molecule has 3 fully saturated rings. The van der Waals surface area contributed by atoms with Crippen molar-refractivity contribution >= 4 is 11.8 Å². The molecule has 2 saturated heterocycles. The van der Waals surface area contributed by atoms with Gasteiger partial charge in [0.2, 0.25) is 5.91 Å². The number of rotatable bonds is 7. The number of likely N-dealkylation sites (tertiary alicyclic amines) is 2. The van der Waals surface area contributed by atoms with Gasteiger partial charge in [0.25, 0.3) is 5.91 Å². The van der Waals surface area contributed by atoms with Crippen molar-refractivity contribution in [2.45, 2.75) is 52.0 Å². The minimum absolute atomic E-state index is 0.0550. The predicted octanol–water partition coefficient (Wildman–Crippen LogP) is 4.14. The Balaban J connectivity index is 1.17. The normalized spacial score (nSPS) is 23.4. The van der Waals surface area contributed by atoms with Crippen LogP contribution in [0.25, 0.3) is 0 Å². The van der Waals surface area contributed by atoms with Crippen molar-refractivity contribution < 1.29 is 9.59 Å². The molecule has 35 heavy (non-hydrogen) atoms. The van der Waals surface area contributed by atoms with Crippen LogP contribution in [-0.2, 0) is 4.79 Å². The SMILES string of the molecule is Cc1ccnc(C)c1C(=O)N1C[C@H]2CN(CC[C@H](NC(=O)C3CCCC3)c3ccccc3)C[C@H]2C1. The van der Waals surface area contributed by atoms with E-state index in [0.29, 0.717) is 11.8 Å². The monoisotopic (exact) mass is 474 g/mol. The van der Waals surface area contributed by atoms with Crippen LogP contribution in [0.2, 0.25) is 0 Å². The summed E-state index contributed by atoms with van der Waals surface area (Å²) in [5, 5.41) is 3.38. The van der Waals surface area contributed by atoms with Crippen molar-refractivity contribution in [3.63, 3.8) is 0 Å². The molecule has 3 atom stereocenters. The summed E-state index contributed by atoms with van der Waals surface area (Å²) >= 11 is 0. The zero-order valence-electron chi connectivity index (χ0n) is 21.1. The summed E-state index contributed by atoms with van der Waals surface area (Å²) in [6.07, 6.45) is 7.08. The third-order valence-corrected chi connectivity index (χ3v) is 8.39. The molecule has 2 amide bonds. The van der Waals surface area contributed by atoms with E-state index >= 15 is 0 Å². The Morgan fingerprint density at radius 1 is 1.00 bits per heavy atom. The minimum atomic E-state index is 0.0550. The number of carbonyl (C=O) groups excluding carboxylic acids is 2. The van der Waals surface area contributed by atoms with Crippen molar-refractivity contribution in [1.29, 1.82) is 0 Å².